The molecular weight excluding hydrogens is 427 g/mol. The van der Waals surface area contributed by atoms with Crippen molar-refractivity contribution in [2.75, 3.05) is 0 Å². The van der Waals surface area contributed by atoms with E-state index in [0.717, 1.165) is 24.0 Å². The van der Waals surface area contributed by atoms with Gasteiger partial charge in [-0.3, -0.25) is 4.57 Å². The molecule has 1 atom stereocenters. The summed E-state index contributed by atoms with van der Waals surface area (Å²) in [5.74, 6) is 0. The molecule has 0 heterocycles. The van der Waals surface area contributed by atoms with Gasteiger partial charge in [-0.15, -0.1) is 0 Å². The zero-order chi connectivity index (χ0) is 24.0. The average molecular weight is 473 g/mol. The highest BCUT2D eigenvalue weighted by molar-refractivity contribution is 7.54. The molecule has 1 unspecified atom stereocenters. The normalized spacial score (nSPS) is 13.2. The third kappa shape index (κ3) is 12.0. The predicted octanol–water partition coefficient (Wildman–Crippen LogP) is 9.56. The van der Waals surface area contributed by atoms with Gasteiger partial charge < -0.3 is 9.05 Å². The number of unbranched alkanes of at least 4 members (excludes halogenated alkanes) is 6. The molecule has 2 aromatic carbocycles. The maximum absolute atomic E-state index is 13.7. The van der Waals surface area contributed by atoms with Gasteiger partial charge in [0, 0.05) is 0 Å². The number of hydrogen-bond acceptors (Lipinski definition) is 3. The van der Waals surface area contributed by atoms with Gasteiger partial charge in [-0.25, -0.2) is 0 Å². The van der Waals surface area contributed by atoms with E-state index in [2.05, 4.69) is 20.8 Å². The number of benzene rings is 2. The van der Waals surface area contributed by atoms with Crippen LogP contribution in [0.15, 0.2) is 60.7 Å². The van der Waals surface area contributed by atoms with E-state index in [1.807, 2.05) is 67.6 Å². The molecule has 0 spiro atoms. The Morgan fingerprint density at radius 1 is 0.697 bits per heavy atom. The quantitative estimate of drug-likeness (QED) is 0.180. The predicted molar refractivity (Wildman–Crippen MR) is 141 cm³/mol. The Labute approximate surface area is 202 Å². The van der Waals surface area contributed by atoms with Gasteiger partial charge in [0.15, 0.2) is 0 Å². The molecule has 0 aliphatic rings. The molecule has 0 saturated carbocycles. The topological polar surface area (TPSA) is 35.5 Å². The Hall–Kier alpha value is -1.41. The van der Waals surface area contributed by atoms with Crippen LogP contribution >= 0.6 is 7.60 Å². The molecule has 0 radical (unpaired) electrons. The number of rotatable bonds is 16. The van der Waals surface area contributed by atoms with Crippen molar-refractivity contribution in [3.05, 3.63) is 71.8 Å². The molecule has 2 aromatic rings. The van der Waals surface area contributed by atoms with E-state index < -0.39 is 7.60 Å². The zero-order valence-electron chi connectivity index (χ0n) is 21.3. The van der Waals surface area contributed by atoms with Gasteiger partial charge >= 0.3 is 7.60 Å². The second-order valence-corrected chi connectivity index (χ2v) is 13.0. The summed E-state index contributed by atoms with van der Waals surface area (Å²) in [5, 5.41) is 0. The lowest BCUT2D eigenvalue weighted by Crippen LogP contribution is -2.10. The van der Waals surface area contributed by atoms with E-state index in [9.17, 15) is 4.57 Å². The molecule has 2 rings (SSSR count). The molecular formula is C29H45O3P. The molecule has 184 valence electrons. The maximum Gasteiger partial charge on any atom is 0.334 e. The fourth-order valence-corrected chi connectivity index (χ4v) is 5.65. The summed E-state index contributed by atoms with van der Waals surface area (Å²) < 4.78 is 25.7. The highest BCUT2D eigenvalue weighted by Crippen LogP contribution is 2.55. The van der Waals surface area contributed by atoms with Crippen LogP contribution in [-0.2, 0) is 26.8 Å². The number of hydrogen-bond donors (Lipinski definition) is 0. The molecule has 0 amide bonds. The van der Waals surface area contributed by atoms with Gasteiger partial charge in [0.05, 0.1) is 18.9 Å². The van der Waals surface area contributed by atoms with E-state index >= 15 is 0 Å². The summed E-state index contributed by atoms with van der Waals surface area (Å²) in [4.78, 5) is 0. The van der Waals surface area contributed by atoms with E-state index in [4.69, 9.17) is 9.05 Å². The van der Waals surface area contributed by atoms with Crippen LogP contribution in [0.5, 0.6) is 0 Å². The van der Waals surface area contributed by atoms with E-state index in [-0.39, 0.29) is 5.66 Å². The highest BCUT2D eigenvalue weighted by Gasteiger charge is 2.32. The SMILES string of the molecule is CC(CCCCCCCCCC(C)(C)C)P(=O)(OCc1ccccc1)OCc1ccccc1. The zero-order valence-corrected chi connectivity index (χ0v) is 22.2. The molecule has 0 aliphatic carbocycles. The standard InChI is InChI=1S/C29H45O3P/c1-26(18-12-8-6-5-7-9-17-23-29(2,3)4)33(30,31-24-27-19-13-10-14-20-27)32-25-28-21-15-11-16-22-28/h10-11,13-16,19-22,26H,5-9,12,17-18,23-25H2,1-4H3. The highest BCUT2D eigenvalue weighted by atomic mass is 31.2. The van der Waals surface area contributed by atoms with Crippen molar-refractivity contribution in [3.8, 4) is 0 Å². The van der Waals surface area contributed by atoms with Gasteiger partial charge in [-0.1, -0.05) is 133 Å². The lowest BCUT2D eigenvalue weighted by Gasteiger charge is -2.24. The maximum atomic E-state index is 13.7. The molecule has 0 N–H and O–H groups in total. The lowest BCUT2D eigenvalue weighted by molar-refractivity contribution is 0.183. The van der Waals surface area contributed by atoms with Gasteiger partial charge in [0.25, 0.3) is 0 Å². The van der Waals surface area contributed by atoms with Crippen LogP contribution in [0.2, 0.25) is 0 Å². The second kappa shape index (κ2) is 14.8. The molecule has 0 bridgehead atoms. The molecule has 0 fully saturated rings. The average Bonchev–Trinajstić information content (AvgIpc) is 2.81. The minimum Gasteiger partial charge on any atom is -0.304 e. The molecule has 0 aromatic heterocycles. The fraction of sp³-hybridized carbons (Fsp3) is 0.586. The van der Waals surface area contributed by atoms with Crippen LogP contribution in [0.25, 0.3) is 0 Å². The van der Waals surface area contributed by atoms with Crippen LogP contribution in [0.4, 0.5) is 0 Å². The first-order valence-electron chi connectivity index (χ1n) is 12.8. The van der Waals surface area contributed by atoms with E-state index in [1.54, 1.807) is 0 Å². The van der Waals surface area contributed by atoms with Crippen molar-refractivity contribution in [1.29, 1.82) is 0 Å². The Bertz CT molecular complexity index is 751. The van der Waals surface area contributed by atoms with Crippen molar-refractivity contribution in [2.24, 2.45) is 5.41 Å². The lowest BCUT2D eigenvalue weighted by atomic mass is 9.89. The second-order valence-electron chi connectivity index (χ2n) is 10.5. The first-order valence-corrected chi connectivity index (χ1v) is 14.4. The molecule has 4 heteroatoms. The third-order valence-electron chi connectivity index (χ3n) is 6.10. The van der Waals surface area contributed by atoms with Crippen LogP contribution in [0.1, 0.15) is 96.6 Å². The first kappa shape index (κ1) is 27.8. The van der Waals surface area contributed by atoms with Gasteiger partial charge in [-0.05, 0) is 29.4 Å². The van der Waals surface area contributed by atoms with Crippen molar-refractivity contribution in [3.63, 3.8) is 0 Å². The summed E-state index contributed by atoms with van der Waals surface area (Å²) >= 11 is 0. The van der Waals surface area contributed by atoms with Gasteiger partial charge in [-0.2, -0.15) is 0 Å². The van der Waals surface area contributed by atoms with Crippen molar-refractivity contribution in [2.45, 2.75) is 104 Å². The van der Waals surface area contributed by atoms with Crippen LogP contribution in [0.3, 0.4) is 0 Å². The van der Waals surface area contributed by atoms with Crippen molar-refractivity contribution in [1.82, 2.24) is 0 Å². The molecule has 3 nitrogen and oxygen atoms in total. The monoisotopic (exact) mass is 472 g/mol. The largest absolute Gasteiger partial charge is 0.334 e. The van der Waals surface area contributed by atoms with Crippen LogP contribution in [-0.4, -0.2) is 5.66 Å². The summed E-state index contributed by atoms with van der Waals surface area (Å²) in [6.07, 6.45) is 11.0. The summed E-state index contributed by atoms with van der Waals surface area (Å²) in [6, 6.07) is 19.8. The van der Waals surface area contributed by atoms with E-state index in [0.29, 0.717) is 18.6 Å². The Kier molecular flexibility index (Phi) is 12.5. The van der Waals surface area contributed by atoms with Gasteiger partial charge in [0.1, 0.15) is 0 Å². The van der Waals surface area contributed by atoms with Crippen molar-refractivity contribution < 1.29 is 13.6 Å². The van der Waals surface area contributed by atoms with Gasteiger partial charge in [0.2, 0.25) is 0 Å². The third-order valence-corrected chi connectivity index (χ3v) is 8.41. The fourth-order valence-electron chi connectivity index (χ4n) is 3.91. The van der Waals surface area contributed by atoms with Crippen LogP contribution < -0.4 is 0 Å². The summed E-state index contributed by atoms with van der Waals surface area (Å²) in [6.45, 7) is 9.60. The molecule has 0 saturated heterocycles. The molecule has 33 heavy (non-hydrogen) atoms. The minimum absolute atomic E-state index is 0.114. The summed E-state index contributed by atoms with van der Waals surface area (Å²) in [7, 11) is -3.23. The molecule has 0 aliphatic heterocycles. The minimum atomic E-state index is -3.23. The van der Waals surface area contributed by atoms with E-state index in [1.165, 1.54) is 44.9 Å². The Morgan fingerprint density at radius 3 is 1.58 bits per heavy atom. The summed E-state index contributed by atoms with van der Waals surface area (Å²) in [5.41, 5.74) is 2.37. The first-order chi connectivity index (χ1) is 15.8. The van der Waals surface area contributed by atoms with Crippen molar-refractivity contribution >= 4 is 7.60 Å². The Morgan fingerprint density at radius 2 is 1.12 bits per heavy atom. The smallest absolute Gasteiger partial charge is 0.304 e. The van der Waals surface area contributed by atoms with Crippen LogP contribution in [0, 0.1) is 5.41 Å². The Balaban J connectivity index is 1.76.